The summed E-state index contributed by atoms with van der Waals surface area (Å²) in [5.74, 6) is -0.155. The second kappa shape index (κ2) is 4.00. The monoisotopic (exact) mass is 174 g/mol. The maximum atomic E-state index is 10.5. The Hall–Kier alpha value is -0.180. The van der Waals surface area contributed by atoms with Crippen LogP contribution in [0.2, 0.25) is 0 Å². The van der Waals surface area contributed by atoms with E-state index in [0.29, 0.717) is 0 Å². The Kier molecular flexibility index (Phi) is 3.24. The molecule has 0 aliphatic carbocycles. The van der Waals surface area contributed by atoms with Crippen LogP contribution in [0.15, 0.2) is 0 Å². The third kappa shape index (κ3) is 2.73. The fourth-order valence-electron chi connectivity index (χ4n) is 1.19. The molecule has 11 heavy (non-hydrogen) atoms. The average molecular weight is 174 g/mol. The number of hydrogen-bond acceptors (Lipinski definition) is 3. The first-order chi connectivity index (χ1) is 5.22. The Morgan fingerprint density at radius 1 is 1.73 bits per heavy atom. The van der Waals surface area contributed by atoms with E-state index in [4.69, 9.17) is 4.74 Å². The Balaban J connectivity index is 2.04. The van der Waals surface area contributed by atoms with E-state index in [0.717, 1.165) is 11.7 Å². The molecule has 0 aromatic rings. The number of esters is 1. The van der Waals surface area contributed by atoms with E-state index in [1.807, 2.05) is 0 Å². The second-order valence-electron chi connectivity index (χ2n) is 2.82. The standard InChI is InChI=1S/C8H14O2S/c1-3-4-7-5-8(11-7)10-6(2)9/h7-8H,3-5H2,1-2H3. The predicted octanol–water partition coefficient (Wildman–Crippen LogP) is 2.18. The van der Waals surface area contributed by atoms with Gasteiger partial charge in [-0.25, -0.2) is 0 Å². The van der Waals surface area contributed by atoms with Gasteiger partial charge in [-0.1, -0.05) is 13.3 Å². The van der Waals surface area contributed by atoms with Crippen LogP contribution in [0.1, 0.15) is 33.1 Å². The molecule has 2 nitrogen and oxygen atoms in total. The van der Waals surface area contributed by atoms with Gasteiger partial charge in [0.25, 0.3) is 0 Å². The number of carbonyl (C=O) groups excluding carboxylic acids is 1. The molecule has 2 unspecified atom stereocenters. The summed E-state index contributed by atoms with van der Waals surface area (Å²) < 4.78 is 4.99. The fourth-order valence-corrected chi connectivity index (χ4v) is 2.45. The van der Waals surface area contributed by atoms with Crippen molar-refractivity contribution in [3.8, 4) is 0 Å². The smallest absolute Gasteiger partial charge is 0.303 e. The zero-order chi connectivity index (χ0) is 8.27. The molecule has 1 aliphatic rings. The minimum Gasteiger partial charge on any atom is -0.451 e. The van der Waals surface area contributed by atoms with E-state index < -0.39 is 0 Å². The molecule has 1 heterocycles. The van der Waals surface area contributed by atoms with Crippen LogP contribution in [0.3, 0.4) is 0 Å². The minimum atomic E-state index is -0.155. The first kappa shape index (κ1) is 8.91. The lowest BCUT2D eigenvalue weighted by Crippen LogP contribution is -2.30. The van der Waals surface area contributed by atoms with Gasteiger partial charge in [0.05, 0.1) is 0 Å². The zero-order valence-corrected chi connectivity index (χ0v) is 7.82. The summed E-state index contributed by atoms with van der Waals surface area (Å²) in [6, 6.07) is 0. The van der Waals surface area contributed by atoms with Gasteiger partial charge in [-0.15, -0.1) is 11.8 Å². The van der Waals surface area contributed by atoms with Crippen LogP contribution in [0.25, 0.3) is 0 Å². The van der Waals surface area contributed by atoms with E-state index in [9.17, 15) is 4.79 Å². The van der Waals surface area contributed by atoms with Gasteiger partial charge in [0.1, 0.15) is 5.44 Å². The van der Waals surface area contributed by atoms with E-state index in [-0.39, 0.29) is 11.4 Å². The van der Waals surface area contributed by atoms with Crippen LogP contribution in [-0.4, -0.2) is 16.7 Å². The highest BCUT2D eigenvalue weighted by Crippen LogP contribution is 2.39. The first-order valence-electron chi connectivity index (χ1n) is 4.05. The van der Waals surface area contributed by atoms with Crippen molar-refractivity contribution < 1.29 is 9.53 Å². The van der Waals surface area contributed by atoms with Gasteiger partial charge in [-0.05, 0) is 6.42 Å². The van der Waals surface area contributed by atoms with Crippen LogP contribution >= 0.6 is 11.8 Å². The summed E-state index contributed by atoms with van der Waals surface area (Å²) in [5, 5.41) is 0.740. The minimum absolute atomic E-state index is 0.155. The maximum absolute atomic E-state index is 10.5. The molecule has 0 spiro atoms. The van der Waals surface area contributed by atoms with Gasteiger partial charge in [0.2, 0.25) is 0 Å². The largest absolute Gasteiger partial charge is 0.451 e. The Morgan fingerprint density at radius 2 is 2.36 bits per heavy atom. The SMILES string of the molecule is CCCC1CC(OC(C)=O)S1. The van der Waals surface area contributed by atoms with Crippen LogP contribution in [0.4, 0.5) is 0 Å². The molecule has 0 saturated carbocycles. The molecule has 0 N–H and O–H groups in total. The van der Waals surface area contributed by atoms with E-state index >= 15 is 0 Å². The van der Waals surface area contributed by atoms with Crippen molar-refractivity contribution in [3.63, 3.8) is 0 Å². The number of ether oxygens (including phenoxy) is 1. The molecule has 0 radical (unpaired) electrons. The van der Waals surface area contributed by atoms with E-state index in [1.54, 1.807) is 11.8 Å². The maximum Gasteiger partial charge on any atom is 0.303 e. The first-order valence-corrected chi connectivity index (χ1v) is 4.99. The average Bonchev–Trinajstić information content (AvgIpc) is 1.82. The molecular formula is C8H14O2S. The van der Waals surface area contributed by atoms with E-state index in [2.05, 4.69) is 6.92 Å². The van der Waals surface area contributed by atoms with Crippen LogP contribution < -0.4 is 0 Å². The molecule has 1 saturated heterocycles. The molecular weight excluding hydrogens is 160 g/mol. The van der Waals surface area contributed by atoms with Crippen LogP contribution in [0, 0.1) is 0 Å². The summed E-state index contributed by atoms with van der Waals surface area (Å²) in [6.45, 7) is 3.65. The van der Waals surface area contributed by atoms with Gasteiger partial charge in [0, 0.05) is 18.6 Å². The quantitative estimate of drug-likeness (QED) is 0.613. The van der Waals surface area contributed by atoms with Crippen molar-refractivity contribution in [2.75, 3.05) is 0 Å². The van der Waals surface area contributed by atoms with Crippen molar-refractivity contribution in [1.29, 1.82) is 0 Å². The molecule has 1 fully saturated rings. The Morgan fingerprint density at radius 3 is 2.82 bits per heavy atom. The van der Waals surface area contributed by atoms with Gasteiger partial charge in [0.15, 0.2) is 0 Å². The Bertz CT molecular complexity index is 141. The lowest BCUT2D eigenvalue weighted by Gasteiger charge is -2.33. The Labute approximate surface area is 71.7 Å². The van der Waals surface area contributed by atoms with Gasteiger partial charge < -0.3 is 4.74 Å². The topological polar surface area (TPSA) is 26.3 Å². The summed E-state index contributed by atoms with van der Waals surface area (Å²) in [7, 11) is 0. The van der Waals surface area contributed by atoms with Crippen molar-refractivity contribution in [1.82, 2.24) is 0 Å². The predicted molar refractivity (Wildman–Crippen MR) is 46.5 cm³/mol. The third-order valence-corrected chi connectivity index (χ3v) is 3.11. The number of rotatable bonds is 3. The molecule has 0 bridgehead atoms. The van der Waals surface area contributed by atoms with Gasteiger partial charge in [-0.3, -0.25) is 4.79 Å². The molecule has 64 valence electrons. The second-order valence-corrected chi connectivity index (χ2v) is 4.29. The highest BCUT2D eigenvalue weighted by Gasteiger charge is 2.31. The fraction of sp³-hybridized carbons (Fsp3) is 0.875. The number of carbonyl (C=O) groups is 1. The summed E-state index contributed by atoms with van der Waals surface area (Å²) in [6.07, 6.45) is 3.53. The zero-order valence-electron chi connectivity index (χ0n) is 7.00. The van der Waals surface area contributed by atoms with Crippen molar-refractivity contribution in [2.45, 2.75) is 43.8 Å². The van der Waals surface area contributed by atoms with Crippen LogP contribution in [0.5, 0.6) is 0 Å². The molecule has 0 amide bonds. The van der Waals surface area contributed by atoms with E-state index in [1.165, 1.54) is 19.8 Å². The summed E-state index contributed by atoms with van der Waals surface area (Å²) in [4.78, 5) is 10.5. The molecule has 0 aromatic carbocycles. The number of thioether (sulfide) groups is 1. The lowest BCUT2D eigenvalue weighted by atomic mass is 10.2. The van der Waals surface area contributed by atoms with Crippen LogP contribution in [-0.2, 0) is 9.53 Å². The molecule has 3 heteroatoms. The normalized spacial score (nSPS) is 29.3. The highest BCUT2D eigenvalue weighted by molar-refractivity contribution is 8.01. The summed E-state index contributed by atoms with van der Waals surface area (Å²) in [5.41, 5.74) is 0.157. The molecule has 2 atom stereocenters. The molecule has 1 aliphatic heterocycles. The van der Waals surface area contributed by atoms with Crippen molar-refractivity contribution in [2.24, 2.45) is 0 Å². The highest BCUT2D eigenvalue weighted by atomic mass is 32.2. The number of hydrogen-bond donors (Lipinski definition) is 0. The third-order valence-electron chi connectivity index (χ3n) is 1.71. The summed E-state index contributed by atoms with van der Waals surface area (Å²) >= 11 is 1.78. The van der Waals surface area contributed by atoms with Crippen molar-refractivity contribution >= 4 is 17.7 Å². The van der Waals surface area contributed by atoms with Crippen molar-refractivity contribution in [3.05, 3.63) is 0 Å². The lowest BCUT2D eigenvalue weighted by molar-refractivity contribution is -0.143. The van der Waals surface area contributed by atoms with Gasteiger partial charge >= 0.3 is 5.97 Å². The molecule has 0 aromatic heterocycles. The molecule has 1 rings (SSSR count). The van der Waals surface area contributed by atoms with Gasteiger partial charge in [-0.2, -0.15) is 0 Å².